The van der Waals surface area contributed by atoms with E-state index in [4.69, 9.17) is 0 Å². The highest BCUT2D eigenvalue weighted by Gasteiger charge is 2.17. The van der Waals surface area contributed by atoms with Gasteiger partial charge in [0.1, 0.15) is 5.69 Å². The molecule has 2 N–H and O–H groups in total. The first-order valence-electron chi connectivity index (χ1n) is 8.92. The van der Waals surface area contributed by atoms with Gasteiger partial charge in [0.2, 0.25) is 11.1 Å². The van der Waals surface area contributed by atoms with Crippen LogP contribution in [0.1, 0.15) is 31.9 Å². The predicted octanol–water partition coefficient (Wildman–Crippen LogP) is 3.86. The Balaban J connectivity index is 1.57. The van der Waals surface area contributed by atoms with Crippen LogP contribution in [0.2, 0.25) is 0 Å². The second-order valence-electron chi connectivity index (χ2n) is 6.63. The Morgan fingerprint density at radius 1 is 1.15 bits per heavy atom. The Morgan fingerprint density at radius 2 is 1.93 bits per heavy atom. The summed E-state index contributed by atoms with van der Waals surface area (Å²) in [6.45, 7) is 4.31. The minimum absolute atomic E-state index is 0.00974. The van der Waals surface area contributed by atoms with Crippen molar-refractivity contribution in [2.75, 3.05) is 5.75 Å². The molecule has 2 heterocycles. The number of hydrogen-bond donors (Lipinski definition) is 2. The maximum atomic E-state index is 12.4. The molecule has 0 aliphatic rings. The molecule has 0 aliphatic heterocycles. The zero-order valence-corrected chi connectivity index (χ0v) is 16.2. The fourth-order valence-electron chi connectivity index (χ4n) is 2.73. The number of hydrogen-bond acceptors (Lipinski definition) is 5. The smallest absolute Gasteiger partial charge is 0.230 e. The fraction of sp³-hybridized carbons (Fsp3) is 0.300. The second-order valence-corrected chi connectivity index (χ2v) is 7.57. The summed E-state index contributed by atoms with van der Waals surface area (Å²) in [6.07, 6.45) is 2.60. The van der Waals surface area contributed by atoms with E-state index in [1.165, 1.54) is 11.8 Å². The van der Waals surface area contributed by atoms with Crippen LogP contribution in [0, 0.1) is 5.92 Å². The zero-order chi connectivity index (χ0) is 19.1. The lowest BCUT2D eigenvalue weighted by Gasteiger charge is -2.21. The minimum atomic E-state index is -0.0290. The maximum absolute atomic E-state index is 12.4. The third kappa shape index (κ3) is 5.65. The van der Waals surface area contributed by atoms with Crippen LogP contribution in [-0.4, -0.2) is 31.8 Å². The molecule has 1 unspecified atom stereocenters. The molecule has 2 aromatic heterocycles. The number of H-pyrrole nitrogens is 1. The first-order chi connectivity index (χ1) is 13.1. The molecule has 0 bridgehead atoms. The molecule has 0 fully saturated rings. The number of thioether (sulfide) groups is 1. The molecular formula is C20H23N5OS. The van der Waals surface area contributed by atoms with Crippen LogP contribution in [0.25, 0.3) is 11.5 Å². The van der Waals surface area contributed by atoms with E-state index in [0.29, 0.717) is 16.9 Å². The van der Waals surface area contributed by atoms with E-state index >= 15 is 0 Å². The number of nitrogens with one attached hydrogen (secondary N) is 2. The highest BCUT2D eigenvalue weighted by atomic mass is 32.2. The normalized spacial score (nSPS) is 12.1. The molecule has 3 rings (SSSR count). The van der Waals surface area contributed by atoms with E-state index in [1.54, 1.807) is 6.20 Å². The fourth-order valence-corrected chi connectivity index (χ4v) is 3.34. The van der Waals surface area contributed by atoms with Crippen molar-refractivity contribution >= 4 is 17.7 Å². The maximum Gasteiger partial charge on any atom is 0.230 e. The quantitative estimate of drug-likeness (QED) is 0.579. The van der Waals surface area contributed by atoms with E-state index in [1.807, 2.05) is 36.4 Å². The molecule has 0 aliphatic carbocycles. The van der Waals surface area contributed by atoms with Crippen molar-refractivity contribution in [2.24, 2.45) is 5.92 Å². The second kappa shape index (κ2) is 9.32. The van der Waals surface area contributed by atoms with Gasteiger partial charge in [-0.15, -0.1) is 5.10 Å². The molecule has 1 atom stereocenters. The lowest BCUT2D eigenvalue weighted by molar-refractivity contribution is -0.119. The van der Waals surface area contributed by atoms with Gasteiger partial charge in [-0.1, -0.05) is 62.0 Å². The van der Waals surface area contributed by atoms with Crippen LogP contribution >= 0.6 is 11.8 Å². The Bertz CT molecular complexity index is 851. The van der Waals surface area contributed by atoms with Crippen LogP contribution in [-0.2, 0) is 4.79 Å². The number of pyridine rings is 1. The molecule has 140 valence electrons. The summed E-state index contributed by atoms with van der Waals surface area (Å²) < 4.78 is 0. The van der Waals surface area contributed by atoms with Crippen LogP contribution < -0.4 is 5.32 Å². The lowest BCUT2D eigenvalue weighted by atomic mass is 9.97. The van der Waals surface area contributed by atoms with Gasteiger partial charge in [-0.3, -0.25) is 14.9 Å². The number of aromatic nitrogens is 4. The summed E-state index contributed by atoms with van der Waals surface area (Å²) in [5, 5.41) is 10.7. The van der Waals surface area contributed by atoms with Gasteiger partial charge in [-0.25, -0.2) is 0 Å². The molecule has 0 radical (unpaired) electrons. The molecule has 6 nitrogen and oxygen atoms in total. The standard InChI is InChI=1S/C20H23N5OS/c1-14(2)12-17(15-8-4-3-5-9-15)22-18(26)13-27-20-23-19(24-25-20)16-10-6-7-11-21-16/h3-11,14,17H,12-13H2,1-2H3,(H,22,26)(H,23,24,25). The molecule has 3 aromatic rings. The van der Waals surface area contributed by atoms with Gasteiger partial charge in [-0.2, -0.15) is 4.98 Å². The Kier molecular flexibility index (Phi) is 6.59. The van der Waals surface area contributed by atoms with Crippen molar-refractivity contribution in [3.05, 3.63) is 60.3 Å². The van der Waals surface area contributed by atoms with E-state index in [9.17, 15) is 4.79 Å². The lowest BCUT2D eigenvalue weighted by Crippen LogP contribution is -2.30. The zero-order valence-electron chi connectivity index (χ0n) is 15.4. The van der Waals surface area contributed by atoms with Gasteiger partial charge < -0.3 is 5.32 Å². The van der Waals surface area contributed by atoms with E-state index in [2.05, 4.69) is 51.5 Å². The average molecular weight is 382 g/mol. The average Bonchev–Trinajstić information content (AvgIpc) is 3.16. The monoisotopic (exact) mass is 381 g/mol. The molecule has 7 heteroatoms. The number of nitrogens with zero attached hydrogens (tertiary/aromatic N) is 3. The number of aromatic amines is 1. The third-order valence-corrected chi connectivity index (χ3v) is 4.80. The highest BCUT2D eigenvalue weighted by molar-refractivity contribution is 7.99. The molecule has 1 amide bonds. The number of rotatable bonds is 8. The number of benzene rings is 1. The van der Waals surface area contributed by atoms with Crippen molar-refractivity contribution < 1.29 is 4.79 Å². The summed E-state index contributed by atoms with van der Waals surface area (Å²) in [5.74, 6) is 1.32. The van der Waals surface area contributed by atoms with Crippen molar-refractivity contribution in [1.29, 1.82) is 0 Å². The van der Waals surface area contributed by atoms with E-state index < -0.39 is 0 Å². The predicted molar refractivity (Wildman–Crippen MR) is 107 cm³/mol. The van der Waals surface area contributed by atoms with Gasteiger partial charge >= 0.3 is 0 Å². The van der Waals surface area contributed by atoms with Gasteiger partial charge in [-0.05, 0) is 30.0 Å². The van der Waals surface area contributed by atoms with Crippen molar-refractivity contribution in [2.45, 2.75) is 31.5 Å². The van der Waals surface area contributed by atoms with Crippen LogP contribution in [0.4, 0.5) is 0 Å². The van der Waals surface area contributed by atoms with Gasteiger partial charge in [0.25, 0.3) is 0 Å². The van der Waals surface area contributed by atoms with Crippen LogP contribution in [0.3, 0.4) is 0 Å². The van der Waals surface area contributed by atoms with E-state index in [-0.39, 0.29) is 17.7 Å². The Morgan fingerprint density at radius 3 is 2.63 bits per heavy atom. The third-order valence-electron chi connectivity index (χ3n) is 3.95. The summed E-state index contributed by atoms with van der Waals surface area (Å²) in [4.78, 5) is 21.1. The Hall–Kier alpha value is -2.67. The van der Waals surface area contributed by atoms with Crippen molar-refractivity contribution in [1.82, 2.24) is 25.5 Å². The molecule has 0 saturated carbocycles. The number of carbonyl (C=O) groups is 1. The largest absolute Gasteiger partial charge is 0.349 e. The molecule has 27 heavy (non-hydrogen) atoms. The first-order valence-corrected chi connectivity index (χ1v) is 9.91. The summed E-state index contributed by atoms with van der Waals surface area (Å²) in [7, 11) is 0. The molecule has 1 aromatic carbocycles. The molecule has 0 spiro atoms. The number of carbonyl (C=O) groups excluding carboxylic acids is 1. The molecular weight excluding hydrogens is 358 g/mol. The van der Waals surface area contributed by atoms with E-state index in [0.717, 1.165) is 17.7 Å². The Labute approximate surface area is 163 Å². The van der Waals surface area contributed by atoms with Gasteiger partial charge in [0, 0.05) is 6.20 Å². The van der Waals surface area contributed by atoms with Gasteiger partial charge in [0.15, 0.2) is 5.82 Å². The van der Waals surface area contributed by atoms with Crippen LogP contribution in [0.5, 0.6) is 0 Å². The van der Waals surface area contributed by atoms with Crippen molar-refractivity contribution in [3.63, 3.8) is 0 Å². The minimum Gasteiger partial charge on any atom is -0.349 e. The summed E-state index contributed by atoms with van der Waals surface area (Å²) in [6, 6.07) is 15.7. The number of amides is 1. The van der Waals surface area contributed by atoms with Crippen LogP contribution in [0.15, 0.2) is 59.9 Å². The summed E-state index contributed by atoms with van der Waals surface area (Å²) >= 11 is 1.31. The highest BCUT2D eigenvalue weighted by Crippen LogP contribution is 2.22. The topological polar surface area (TPSA) is 83.6 Å². The van der Waals surface area contributed by atoms with Gasteiger partial charge in [0.05, 0.1) is 11.8 Å². The van der Waals surface area contributed by atoms with Crippen molar-refractivity contribution in [3.8, 4) is 11.5 Å². The molecule has 0 saturated heterocycles. The SMILES string of the molecule is CC(C)CC(NC(=O)CSc1n[nH]c(-c2ccccn2)n1)c1ccccc1. The summed E-state index contributed by atoms with van der Waals surface area (Å²) in [5.41, 5.74) is 1.85. The first kappa shape index (κ1) is 19.1.